The maximum absolute atomic E-state index is 13.5. The summed E-state index contributed by atoms with van der Waals surface area (Å²) in [5, 5.41) is 10.7. The van der Waals surface area contributed by atoms with Gasteiger partial charge in [0.1, 0.15) is 6.04 Å². The molecular formula is C22H29N3O3. The molecule has 150 valence electrons. The number of carbonyl (C=O) groups is 2. The number of urea groups is 1. The smallest absolute Gasteiger partial charge is 0.333 e. The molecule has 6 nitrogen and oxygen atoms in total. The van der Waals surface area contributed by atoms with Gasteiger partial charge >= 0.3 is 6.03 Å². The molecule has 1 unspecified atom stereocenters. The van der Waals surface area contributed by atoms with E-state index in [1.165, 1.54) is 10.5 Å². The van der Waals surface area contributed by atoms with Crippen LogP contribution >= 0.6 is 0 Å². The van der Waals surface area contributed by atoms with Crippen LogP contribution in [0.4, 0.5) is 4.79 Å². The van der Waals surface area contributed by atoms with Crippen LogP contribution in [-0.2, 0) is 4.79 Å². The van der Waals surface area contributed by atoms with Crippen LogP contribution in [0.1, 0.15) is 32.6 Å². The van der Waals surface area contributed by atoms with E-state index < -0.39 is 12.1 Å². The summed E-state index contributed by atoms with van der Waals surface area (Å²) in [5.74, 6) is -0.0583. The largest absolute Gasteiger partial charge is 0.344 e. The van der Waals surface area contributed by atoms with E-state index in [0.29, 0.717) is 32.5 Å². The predicted molar refractivity (Wildman–Crippen MR) is 109 cm³/mol. The number of carbonyl (C=O) groups excluding carboxylic acids is 2. The van der Waals surface area contributed by atoms with Crippen molar-refractivity contribution in [2.75, 3.05) is 19.6 Å². The summed E-state index contributed by atoms with van der Waals surface area (Å²) in [6.45, 7) is 7.12. The minimum atomic E-state index is -0.517. The van der Waals surface area contributed by atoms with Crippen molar-refractivity contribution in [3.8, 4) is 0 Å². The fourth-order valence-corrected chi connectivity index (χ4v) is 4.11. The van der Waals surface area contributed by atoms with E-state index in [1.54, 1.807) is 6.08 Å². The summed E-state index contributed by atoms with van der Waals surface area (Å²) in [6, 6.07) is -1.18. The number of piperidine rings is 1. The second kappa shape index (κ2) is 9.06. The molecule has 1 N–H and O–H groups in total. The molecular weight excluding hydrogens is 354 g/mol. The number of hydrogen-bond donors (Lipinski definition) is 1. The van der Waals surface area contributed by atoms with Crippen molar-refractivity contribution in [2.24, 2.45) is 0 Å². The Kier molecular flexibility index (Phi) is 6.52. The molecule has 2 fully saturated rings. The maximum Gasteiger partial charge on any atom is 0.344 e. The van der Waals surface area contributed by atoms with Gasteiger partial charge < -0.3 is 9.80 Å². The number of allylic oxidation sites excluding steroid dienone is 6. The zero-order chi connectivity index (χ0) is 20.1. The number of nitrogens with zero attached hydrogens (tertiary/aromatic N) is 3. The molecule has 0 saturated carbocycles. The summed E-state index contributed by atoms with van der Waals surface area (Å²) in [4.78, 5) is 29.1. The second-order valence-electron chi connectivity index (χ2n) is 7.49. The molecule has 3 amide bonds. The molecule has 0 aromatic heterocycles. The van der Waals surface area contributed by atoms with Gasteiger partial charge in [-0.2, -0.15) is 0 Å². The van der Waals surface area contributed by atoms with E-state index >= 15 is 0 Å². The van der Waals surface area contributed by atoms with E-state index in [4.69, 9.17) is 0 Å². The lowest BCUT2D eigenvalue weighted by atomic mass is 9.98. The van der Waals surface area contributed by atoms with Crippen LogP contribution in [0.5, 0.6) is 0 Å². The minimum absolute atomic E-state index is 0.0583. The second-order valence-corrected chi connectivity index (χ2v) is 7.49. The van der Waals surface area contributed by atoms with Gasteiger partial charge in [-0.3, -0.25) is 10.0 Å². The van der Waals surface area contributed by atoms with Gasteiger partial charge in [0, 0.05) is 19.6 Å². The van der Waals surface area contributed by atoms with Crippen LogP contribution in [0, 0.1) is 0 Å². The van der Waals surface area contributed by atoms with Gasteiger partial charge in [-0.05, 0) is 38.2 Å². The SMILES string of the molecule is C=C/C=C(\C=C/C)CN(CC1=CC=CCC1)C(=O)[C@@H]1CCC2CN1C(=O)N2O. The Morgan fingerprint density at radius 2 is 2.25 bits per heavy atom. The van der Waals surface area contributed by atoms with E-state index in [1.807, 2.05) is 36.1 Å². The van der Waals surface area contributed by atoms with Gasteiger partial charge in [0.05, 0.1) is 6.04 Å². The molecule has 0 aromatic carbocycles. The molecule has 1 aliphatic carbocycles. The Morgan fingerprint density at radius 3 is 2.93 bits per heavy atom. The number of fused-ring (bicyclic) bond motifs is 2. The van der Waals surface area contributed by atoms with Gasteiger partial charge in [0.2, 0.25) is 5.91 Å². The van der Waals surface area contributed by atoms with Gasteiger partial charge in [0.15, 0.2) is 0 Å². The lowest BCUT2D eigenvalue weighted by Crippen LogP contribution is -2.52. The van der Waals surface area contributed by atoms with Crippen molar-refractivity contribution in [1.82, 2.24) is 14.9 Å². The molecule has 2 aliphatic heterocycles. The summed E-state index contributed by atoms with van der Waals surface area (Å²) in [7, 11) is 0. The zero-order valence-corrected chi connectivity index (χ0v) is 16.5. The van der Waals surface area contributed by atoms with Crippen LogP contribution in [0.25, 0.3) is 0 Å². The highest BCUT2D eigenvalue weighted by Gasteiger charge is 2.47. The predicted octanol–water partition coefficient (Wildman–Crippen LogP) is 3.44. The molecule has 0 spiro atoms. The summed E-state index contributed by atoms with van der Waals surface area (Å²) in [6.07, 6.45) is 16.9. The van der Waals surface area contributed by atoms with Crippen LogP contribution in [0.15, 0.2) is 60.3 Å². The number of amides is 3. The third-order valence-corrected chi connectivity index (χ3v) is 5.52. The first-order valence-corrected chi connectivity index (χ1v) is 9.91. The highest BCUT2D eigenvalue weighted by Crippen LogP contribution is 2.30. The van der Waals surface area contributed by atoms with Gasteiger partial charge in [0.25, 0.3) is 0 Å². The van der Waals surface area contributed by atoms with E-state index in [0.717, 1.165) is 23.5 Å². The van der Waals surface area contributed by atoms with Crippen molar-refractivity contribution in [3.05, 3.63) is 60.3 Å². The van der Waals surface area contributed by atoms with Gasteiger partial charge in [-0.1, -0.05) is 54.7 Å². The molecule has 3 aliphatic rings. The topological polar surface area (TPSA) is 64.1 Å². The quantitative estimate of drug-likeness (QED) is 0.541. The molecule has 2 bridgehead atoms. The standard InChI is InChI=1S/C22H29N3O3/c1-3-8-17(9-4-2)14-23(15-18-10-6-5-7-11-18)21(26)20-13-12-19-16-24(20)22(27)25(19)28/h3-6,8-10,19-20,28H,1,7,11-16H2,2H3/b9-4-,17-8+/t19?,20-/m0/s1. The lowest BCUT2D eigenvalue weighted by molar-refractivity contribution is -0.135. The van der Waals surface area contributed by atoms with E-state index in [-0.39, 0.29) is 11.9 Å². The van der Waals surface area contributed by atoms with Crippen molar-refractivity contribution in [3.63, 3.8) is 0 Å². The van der Waals surface area contributed by atoms with E-state index in [9.17, 15) is 14.8 Å². The number of hydrogen-bond acceptors (Lipinski definition) is 3. The van der Waals surface area contributed by atoms with E-state index in [2.05, 4.69) is 18.7 Å². The van der Waals surface area contributed by atoms with Crippen molar-refractivity contribution in [1.29, 1.82) is 0 Å². The maximum atomic E-state index is 13.5. The number of rotatable bonds is 7. The first-order valence-electron chi connectivity index (χ1n) is 9.91. The Morgan fingerprint density at radius 1 is 1.43 bits per heavy atom. The lowest BCUT2D eigenvalue weighted by Gasteiger charge is -2.34. The van der Waals surface area contributed by atoms with Crippen molar-refractivity contribution < 1.29 is 14.8 Å². The average Bonchev–Trinajstić information content (AvgIpc) is 2.92. The fraction of sp³-hybridized carbons (Fsp3) is 0.455. The van der Waals surface area contributed by atoms with Crippen LogP contribution in [-0.4, -0.2) is 63.7 Å². The monoisotopic (exact) mass is 383 g/mol. The van der Waals surface area contributed by atoms with Gasteiger partial charge in [-0.15, -0.1) is 0 Å². The van der Waals surface area contributed by atoms with Crippen LogP contribution in [0.3, 0.4) is 0 Å². The molecule has 2 atom stereocenters. The third kappa shape index (κ3) is 4.28. The average molecular weight is 383 g/mol. The molecule has 3 rings (SSSR count). The highest BCUT2D eigenvalue weighted by molar-refractivity contribution is 5.88. The summed E-state index contributed by atoms with van der Waals surface area (Å²) >= 11 is 0. The zero-order valence-electron chi connectivity index (χ0n) is 16.5. The molecule has 0 radical (unpaired) electrons. The fourth-order valence-electron chi connectivity index (χ4n) is 4.11. The molecule has 2 saturated heterocycles. The normalized spacial score (nSPS) is 24.7. The molecule has 28 heavy (non-hydrogen) atoms. The minimum Gasteiger partial charge on any atom is -0.333 e. The Balaban J connectivity index is 1.82. The van der Waals surface area contributed by atoms with Crippen LogP contribution < -0.4 is 0 Å². The highest BCUT2D eigenvalue weighted by atomic mass is 16.5. The summed E-state index contributed by atoms with van der Waals surface area (Å²) < 4.78 is 0. The van der Waals surface area contributed by atoms with Crippen molar-refractivity contribution >= 4 is 11.9 Å². The first-order chi connectivity index (χ1) is 13.5. The Hall–Kier alpha value is -2.60. The first kappa shape index (κ1) is 20.1. The molecule has 0 aromatic rings. The number of hydroxylamine groups is 2. The van der Waals surface area contributed by atoms with Crippen LogP contribution in [0.2, 0.25) is 0 Å². The third-order valence-electron chi connectivity index (χ3n) is 5.52. The summed E-state index contributed by atoms with van der Waals surface area (Å²) in [5.41, 5.74) is 2.20. The van der Waals surface area contributed by atoms with Gasteiger partial charge in [-0.25, -0.2) is 9.86 Å². The molecule has 6 heteroatoms. The Labute approximate surface area is 166 Å². The van der Waals surface area contributed by atoms with Crippen molar-refractivity contribution in [2.45, 2.75) is 44.7 Å². The Bertz CT molecular complexity index is 750. The molecule has 2 heterocycles.